The highest BCUT2D eigenvalue weighted by atomic mass is 16.5. The molecule has 0 unspecified atom stereocenters. The first-order chi connectivity index (χ1) is 8.61. The van der Waals surface area contributed by atoms with E-state index in [1.165, 1.54) is 0 Å². The van der Waals surface area contributed by atoms with E-state index >= 15 is 0 Å². The van der Waals surface area contributed by atoms with E-state index in [2.05, 4.69) is 12.0 Å². The van der Waals surface area contributed by atoms with Crippen LogP contribution in [-0.4, -0.2) is 9.78 Å². The lowest BCUT2D eigenvalue weighted by Crippen LogP contribution is -2.07. The molecule has 2 rings (SSSR count). The summed E-state index contributed by atoms with van der Waals surface area (Å²) in [6, 6.07) is 7.81. The molecule has 0 bridgehead atoms. The summed E-state index contributed by atoms with van der Waals surface area (Å²) in [5.74, 6) is 0.763. The number of nitrogen functional groups attached to an aromatic ring is 1. The van der Waals surface area contributed by atoms with Crippen LogP contribution in [0.25, 0.3) is 0 Å². The van der Waals surface area contributed by atoms with Crippen molar-refractivity contribution in [3.8, 4) is 5.75 Å². The number of hydrogen-bond acceptors (Lipinski definition) is 3. The van der Waals surface area contributed by atoms with Gasteiger partial charge in [0.1, 0.15) is 12.4 Å². The normalized spacial score (nSPS) is 10.6. The van der Waals surface area contributed by atoms with Crippen LogP contribution < -0.4 is 10.5 Å². The van der Waals surface area contributed by atoms with Gasteiger partial charge in [0.2, 0.25) is 0 Å². The molecule has 0 amide bonds. The highest BCUT2D eigenvalue weighted by Gasteiger charge is 2.08. The second-order valence-corrected chi connectivity index (χ2v) is 4.37. The third-order valence-electron chi connectivity index (χ3n) is 2.89. The van der Waals surface area contributed by atoms with E-state index in [1.54, 1.807) is 0 Å². The van der Waals surface area contributed by atoms with Gasteiger partial charge >= 0.3 is 0 Å². The third-order valence-corrected chi connectivity index (χ3v) is 2.89. The van der Waals surface area contributed by atoms with Crippen molar-refractivity contribution in [1.82, 2.24) is 9.78 Å². The molecular weight excluding hydrogens is 226 g/mol. The first-order valence-corrected chi connectivity index (χ1v) is 6.13. The van der Waals surface area contributed by atoms with Gasteiger partial charge in [-0.2, -0.15) is 5.10 Å². The molecule has 0 saturated heterocycles. The van der Waals surface area contributed by atoms with Crippen LogP contribution in [0, 0.1) is 13.8 Å². The number of aryl methyl sites for hydroxylation is 3. The maximum atomic E-state index is 5.91. The minimum absolute atomic E-state index is 0.490. The van der Waals surface area contributed by atoms with Crippen LogP contribution in [-0.2, 0) is 13.2 Å². The average Bonchev–Trinajstić information content (AvgIpc) is 2.69. The van der Waals surface area contributed by atoms with Gasteiger partial charge in [-0.25, -0.2) is 0 Å². The van der Waals surface area contributed by atoms with Gasteiger partial charge in [0.15, 0.2) is 0 Å². The summed E-state index contributed by atoms with van der Waals surface area (Å²) in [6.07, 6.45) is 0. The smallest absolute Gasteiger partial charge is 0.145 e. The van der Waals surface area contributed by atoms with Crippen LogP contribution in [0.2, 0.25) is 0 Å². The number of rotatable bonds is 4. The lowest BCUT2D eigenvalue weighted by molar-refractivity contribution is 0.292. The molecule has 18 heavy (non-hydrogen) atoms. The zero-order valence-electron chi connectivity index (χ0n) is 11.1. The molecule has 0 aliphatic rings. The lowest BCUT2D eigenvalue weighted by atomic mass is 10.2. The molecule has 0 fully saturated rings. The number of nitrogens with zero attached hydrogens (tertiary/aromatic N) is 2. The Hall–Kier alpha value is -1.97. The minimum atomic E-state index is 0.490. The Kier molecular flexibility index (Phi) is 3.55. The number of anilines is 1. The second kappa shape index (κ2) is 5.12. The molecule has 1 heterocycles. The first kappa shape index (κ1) is 12.5. The molecule has 96 valence electrons. The summed E-state index contributed by atoms with van der Waals surface area (Å²) in [5.41, 5.74) is 9.71. The zero-order chi connectivity index (χ0) is 13.1. The van der Waals surface area contributed by atoms with Gasteiger partial charge in [-0.15, -0.1) is 0 Å². The highest BCUT2D eigenvalue weighted by Crippen LogP contribution is 2.26. The van der Waals surface area contributed by atoms with E-state index in [1.807, 2.05) is 42.8 Å². The molecule has 0 aliphatic carbocycles. The molecule has 4 nitrogen and oxygen atoms in total. The zero-order valence-corrected chi connectivity index (χ0v) is 11.1. The van der Waals surface area contributed by atoms with E-state index in [4.69, 9.17) is 10.5 Å². The van der Waals surface area contributed by atoms with Gasteiger partial charge in [-0.05, 0) is 38.5 Å². The fourth-order valence-electron chi connectivity index (χ4n) is 2.01. The van der Waals surface area contributed by atoms with Crippen LogP contribution in [0.1, 0.15) is 23.9 Å². The molecule has 2 aromatic rings. The summed E-state index contributed by atoms with van der Waals surface area (Å²) < 4.78 is 7.77. The Balaban J connectivity index is 2.16. The lowest BCUT2D eigenvalue weighted by Gasteiger charge is -2.12. The molecule has 0 aliphatic heterocycles. The molecular formula is C14H19N3O. The van der Waals surface area contributed by atoms with E-state index in [-0.39, 0.29) is 0 Å². The Bertz CT molecular complexity index is 526. The van der Waals surface area contributed by atoms with Crippen LogP contribution in [0.3, 0.4) is 0 Å². The maximum absolute atomic E-state index is 5.91. The number of hydrogen-bond donors (Lipinski definition) is 1. The minimum Gasteiger partial charge on any atom is -0.485 e. The Morgan fingerprint density at radius 1 is 1.33 bits per heavy atom. The van der Waals surface area contributed by atoms with Gasteiger partial charge in [0.05, 0.1) is 17.1 Å². The summed E-state index contributed by atoms with van der Waals surface area (Å²) in [4.78, 5) is 0. The maximum Gasteiger partial charge on any atom is 0.145 e. The summed E-state index contributed by atoms with van der Waals surface area (Å²) in [7, 11) is 0. The van der Waals surface area contributed by atoms with Gasteiger partial charge in [0.25, 0.3) is 0 Å². The molecule has 4 heteroatoms. The van der Waals surface area contributed by atoms with Crippen LogP contribution in [0.15, 0.2) is 24.3 Å². The molecule has 2 N–H and O–H groups in total. The molecule has 1 aromatic carbocycles. The van der Waals surface area contributed by atoms with Crippen molar-refractivity contribution in [2.45, 2.75) is 33.9 Å². The average molecular weight is 245 g/mol. The second-order valence-electron chi connectivity index (χ2n) is 4.37. The van der Waals surface area contributed by atoms with Crippen molar-refractivity contribution in [3.63, 3.8) is 0 Å². The molecule has 0 saturated carbocycles. The summed E-state index contributed by atoms with van der Waals surface area (Å²) in [5, 5.41) is 4.39. The fourth-order valence-corrected chi connectivity index (χ4v) is 2.01. The van der Waals surface area contributed by atoms with Crippen molar-refractivity contribution >= 4 is 5.69 Å². The quantitative estimate of drug-likeness (QED) is 0.842. The van der Waals surface area contributed by atoms with Gasteiger partial charge in [0, 0.05) is 6.54 Å². The van der Waals surface area contributed by atoms with Crippen LogP contribution in [0.5, 0.6) is 5.75 Å². The molecule has 0 radical (unpaired) electrons. The Morgan fingerprint density at radius 3 is 2.78 bits per heavy atom. The van der Waals surface area contributed by atoms with E-state index in [0.717, 1.165) is 29.2 Å². The number of benzene rings is 1. The van der Waals surface area contributed by atoms with Crippen molar-refractivity contribution in [2.75, 3.05) is 5.73 Å². The monoisotopic (exact) mass is 245 g/mol. The predicted octanol–water partition coefficient (Wildman–Crippen LogP) is 2.68. The number of para-hydroxylation sites is 1. The van der Waals surface area contributed by atoms with Crippen molar-refractivity contribution < 1.29 is 4.74 Å². The number of nitrogens with two attached hydrogens (primary N) is 1. The summed E-state index contributed by atoms with van der Waals surface area (Å²) in [6.45, 7) is 7.38. The van der Waals surface area contributed by atoms with Crippen LogP contribution >= 0.6 is 0 Å². The van der Waals surface area contributed by atoms with Crippen molar-refractivity contribution in [1.29, 1.82) is 0 Å². The van der Waals surface area contributed by atoms with Gasteiger partial charge in [-0.3, -0.25) is 4.68 Å². The summed E-state index contributed by atoms with van der Waals surface area (Å²) >= 11 is 0. The Morgan fingerprint density at radius 2 is 2.11 bits per heavy atom. The fraction of sp³-hybridized carbons (Fsp3) is 0.357. The first-order valence-electron chi connectivity index (χ1n) is 6.13. The highest BCUT2D eigenvalue weighted by molar-refractivity contribution is 5.56. The van der Waals surface area contributed by atoms with E-state index < -0.39 is 0 Å². The SMILES string of the molecule is CCn1nc(C)cc1COc1c(C)cccc1N. The topological polar surface area (TPSA) is 53.1 Å². The number of ether oxygens (including phenoxy) is 1. The van der Waals surface area contributed by atoms with E-state index in [0.29, 0.717) is 12.3 Å². The predicted molar refractivity (Wildman–Crippen MR) is 72.6 cm³/mol. The van der Waals surface area contributed by atoms with Crippen molar-refractivity contribution in [3.05, 3.63) is 41.2 Å². The van der Waals surface area contributed by atoms with Gasteiger partial charge in [-0.1, -0.05) is 12.1 Å². The largest absolute Gasteiger partial charge is 0.485 e. The van der Waals surface area contributed by atoms with Crippen LogP contribution in [0.4, 0.5) is 5.69 Å². The standard InChI is InChI=1S/C14H19N3O/c1-4-17-12(8-11(3)16-17)9-18-14-10(2)6-5-7-13(14)15/h5-8H,4,9,15H2,1-3H3. The van der Waals surface area contributed by atoms with Crippen molar-refractivity contribution in [2.24, 2.45) is 0 Å². The molecule has 0 spiro atoms. The molecule has 0 atom stereocenters. The Labute approximate surface area is 107 Å². The third kappa shape index (κ3) is 2.47. The number of aromatic nitrogens is 2. The van der Waals surface area contributed by atoms with Gasteiger partial charge < -0.3 is 10.5 Å². The van der Waals surface area contributed by atoms with E-state index in [9.17, 15) is 0 Å². The molecule has 1 aromatic heterocycles.